The average molecular weight is 735 g/mol. The van der Waals surface area contributed by atoms with Crippen molar-refractivity contribution in [2.75, 3.05) is 13.2 Å². The molecule has 0 fully saturated rings. The Hall–Kier alpha value is -4.24. The van der Waals surface area contributed by atoms with Crippen molar-refractivity contribution >= 4 is 0 Å². The lowest BCUT2D eigenvalue weighted by molar-refractivity contribution is 0.186. The van der Waals surface area contributed by atoms with Gasteiger partial charge in [-0.3, -0.25) is 0 Å². The Kier molecular flexibility index (Phi) is 1100. The summed E-state index contributed by atoms with van der Waals surface area (Å²) in [4.78, 5) is 0. The highest BCUT2D eigenvalue weighted by atomic mass is 16.3. The Morgan fingerprint density at radius 1 is 0.192 bits per heavy atom. The molecule has 0 radical (unpaired) electrons. The van der Waals surface area contributed by atoms with Crippen molar-refractivity contribution in [3.63, 3.8) is 0 Å². The van der Waals surface area contributed by atoms with E-state index in [-0.39, 0.29) is 13.2 Å². The van der Waals surface area contributed by atoms with E-state index in [1.165, 1.54) is 0 Å². The second kappa shape index (κ2) is 517. The second-order valence-corrected chi connectivity index (χ2v) is 6.98. The van der Waals surface area contributed by atoms with Gasteiger partial charge in [0.1, 0.15) is 0 Å². The fourth-order valence-electron chi connectivity index (χ4n) is 0. The van der Waals surface area contributed by atoms with Crippen molar-refractivity contribution in [2.24, 2.45) is 0 Å². The van der Waals surface area contributed by atoms with Gasteiger partial charge in [0.25, 0.3) is 0 Å². The summed E-state index contributed by atoms with van der Waals surface area (Å²) in [7, 11) is 0. The lowest BCUT2D eigenvalue weighted by Gasteiger charge is -1.70. The monoisotopic (exact) mass is 735 g/mol. The average Bonchev–Trinajstić information content (AvgIpc) is 3.04. The molecule has 0 aromatic heterocycles. The van der Waals surface area contributed by atoms with Gasteiger partial charge in [-0.1, -0.05) is 97.2 Å². The van der Waals surface area contributed by atoms with E-state index in [0.29, 0.717) is 0 Å². The van der Waals surface area contributed by atoms with Crippen LogP contribution in [0.25, 0.3) is 0 Å². The van der Waals surface area contributed by atoms with Crippen LogP contribution in [0.4, 0.5) is 0 Å². The molecule has 0 aliphatic heterocycles. The summed E-state index contributed by atoms with van der Waals surface area (Å²) in [6.45, 7) is 83.8. The molecule has 2 nitrogen and oxygen atoms in total. The van der Waals surface area contributed by atoms with E-state index in [0.717, 1.165) is 0 Å². The first kappa shape index (κ1) is 110. The van der Waals surface area contributed by atoms with Crippen LogP contribution >= 0.6 is 0 Å². The van der Waals surface area contributed by atoms with Crippen LogP contribution < -0.4 is 0 Å². The Labute approximate surface area is 335 Å². The summed E-state index contributed by atoms with van der Waals surface area (Å²) in [6, 6.07) is 0. The van der Waals surface area contributed by atoms with Crippen molar-refractivity contribution in [3.05, 3.63) is 202 Å². The maximum absolute atomic E-state index is 7.62. The molecule has 0 aliphatic rings. The summed E-state index contributed by atoms with van der Waals surface area (Å²) in [5.41, 5.74) is 0. The highest BCUT2D eigenvalue weighted by Crippen LogP contribution is 1.43. The molecule has 0 saturated carbocycles. The molecule has 0 rings (SSSR count). The van der Waals surface area contributed by atoms with Gasteiger partial charge >= 0.3 is 0 Å². The number of hydrogen-bond donors (Lipinski definition) is 2. The van der Waals surface area contributed by atoms with Gasteiger partial charge in [-0.15, -0.1) is 105 Å². The van der Waals surface area contributed by atoms with Gasteiger partial charge in [0, 0.05) is 0 Å². The summed E-state index contributed by atoms with van der Waals surface area (Å²) in [5.74, 6) is 0. The van der Waals surface area contributed by atoms with E-state index in [9.17, 15) is 0 Å². The zero-order chi connectivity index (χ0) is 46.7. The molecule has 2 heteroatoms. The summed E-state index contributed by atoms with van der Waals surface area (Å²) in [5, 5.41) is 15.2. The van der Waals surface area contributed by atoms with Crippen LogP contribution in [-0.4, -0.2) is 23.4 Å². The quantitative estimate of drug-likeness (QED) is 0.263. The van der Waals surface area contributed by atoms with Crippen molar-refractivity contribution in [1.29, 1.82) is 0 Å². The molecule has 314 valence electrons. The fourth-order valence-corrected chi connectivity index (χ4v) is 0. The number of hydrogen-bond acceptors (Lipinski definition) is 2. The van der Waals surface area contributed by atoms with E-state index in [1.807, 2.05) is 111 Å². The zero-order valence-electron chi connectivity index (χ0n) is 38.9. The predicted molar refractivity (Wildman–Crippen MR) is 268 cm³/mol. The van der Waals surface area contributed by atoms with Crippen LogP contribution in [0.5, 0.6) is 0 Å². The number of rotatable bonds is 1. The molecular weight excluding hydrogens is 633 g/mol. The minimum Gasteiger partial charge on any atom is -0.394 e. The van der Waals surface area contributed by atoms with Crippen LogP contribution in [-0.2, 0) is 0 Å². The Morgan fingerprint density at radius 2 is 0.212 bits per heavy atom. The Morgan fingerprint density at radius 3 is 0.212 bits per heavy atom. The van der Waals surface area contributed by atoms with Crippen LogP contribution in [0, 0.1) is 0 Å². The van der Waals surface area contributed by atoms with Gasteiger partial charge in [0.15, 0.2) is 0 Å². The summed E-state index contributed by atoms with van der Waals surface area (Å²) in [6.07, 6.45) is 28.0. The SMILES string of the molecule is C=CC.C=CC.C=CC.C=CC.C=CC.C=CC.C=CC.C=CC.C=CC.C=CC.C=CC.C=CC.C=CC.C=CC.C=CC.C=CC.OCCO. The minimum absolute atomic E-state index is 0.125. The molecule has 0 aromatic rings. The molecule has 0 atom stereocenters. The topological polar surface area (TPSA) is 40.5 Å². The summed E-state index contributed by atoms with van der Waals surface area (Å²) >= 11 is 0. The molecule has 0 unspecified atom stereocenters. The van der Waals surface area contributed by atoms with E-state index in [2.05, 4.69) is 105 Å². The van der Waals surface area contributed by atoms with E-state index < -0.39 is 0 Å². The molecule has 0 heterocycles. The second-order valence-electron chi connectivity index (χ2n) is 6.98. The zero-order valence-corrected chi connectivity index (χ0v) is 38.9. The number of aliphatic hydroxyl groups excluding tert-OH is 2. The number of allylic oxidation sites excluding steroid dienone is 16. The standard InChI is InChI=1S/16C3H6.C2H6O2/c16*1-3-2;3-1-2-4/h16*3H,1H2,2H3;3-4H,1-2H2. The third-order valence-corrected chi connectivity index (χ3v) is 0.1000. The van der Waals surface area contributed by atoms with Crippen molar-refractivity contribution in [2.45, 2.75) is 111 Å². The lowest BCUT2D eigenvalue weighted by Crippen LogP contribution is -1.85. The van der Waals surface area contributed by atoms with Crippen LogP contribution in [0.3, 0.4) is 0 Å². The van der Waals surface area contributed by atoms with Gasteiger partial charge in [-0.05, 0) is 111 Å². The van der Waals surface area contributed by atoms with Gasteiger partial charge in [0.05, 0.1) is 13.2 Å². The highest BCUT2D eigenvalue weighted by Gasteiger charge is 1.58. The molecular formula is C50H102O2. The van der Waals surface area contributed by atoms with E-state index >= 15 is 0 Å². The third-order valence-electron chi connectivity index (χ3n) is 0.1000. The first-order chi connectivity index (χ1) is 24.5. The smallest absolute Gasteiger partial charge is 0.0662 e. The maximum atomic E-state index is 7.62. The van der Waals surface area contributed by atoms with E-state index in [1.54, 1.807) is 97.2 Å². The fraction of sp³-hybridized carbons (Fsp3) is 0.360. The van der Waals surface area contributed by atoms with Crippen molar-refractivity contribution in [1.82, 2.24) is 0 Å². The van der Waals surface area contributed by atoms with Crippen molar-refractivity contribution in [3.8, 4) is 0 Å². The third kappa shape index (κ3) is 8730. The molecule has 0 saturated heterocycles. The van der Waals surface area contributed by atoms with Crippen LogP contribution in [0.1, 0.15) is 111 Å². The molecule has 0 bridgehead atoms. The maximum Gasteiger partial charge on any atom is 0.0662 e. The molecule has 0 aliphatic carbocycles. The lowest BCUT2D eigenvalue weighted by atomic mass is 10.8. The predicted octanol–water partition coefficient (Wildman–Crippen LogP) is 18.0. The van der Waals surface area contributed by atoms with Crippen LogP contribution in [0.15, 0.2) is 202 Å². The molecule has 0 aromatic carbocycles. The van der Waals surface area contributed by atoms with Crippen molar-refractivity contribution < 1.29 is 10.2 Å². The van der Waals surface area contributed by atoms with Gasteiger partial charge < -0.3 is 10.2 Å². The molecule has 0 amide bonds. The van der Waals surface area contributed by atoms with E-state index in [4.69, 9.17) is 10.2 Å². The summed E-state index contributed by atoms with van der Waals surface area (Å²) < 4.78 is 0. The van der Waals surface area contributed by atoms with Gasteiger partial charge in [-0.25, -0.2) is 0 Å². The largest absolute Gasteiger partial charge is 0.394 e. The highest BCUT2D eigenvalue weighted by molar-refractivity contribution is 4.55. The minimum atomic E-state index is -0.125. The molecule has 2 N–H and O–H groups in total. The Balaban J connectivity index is -0.0000000167. The molecule has 0 spiro atoms. The Bertz CT molecular complexity index is 351. The first-order valence-corrected chi connectivity index (χ1v) is 16.9. The van der Waals surface area contributed by atoms with Crippen LogP contribution in [0.2, 0.25) is 0 Å². The normalized spacial score (nSPS) is 4.58. The van der Waals surface area contributed by atoms with Gasteiger partial charge in [0.2, 0.25) is 0 Å². The number of aliphatic hydroxyl groups is 2. The molecule has 52 heavy (non-hydrogen) atoms. The van der Waals surface area contributed by atoms with Gasteiger partial charge in [-0.2, -0.15) is 0 Å². The first-order valence-electron chi connectivity index (χ1n) is 16.9.